The Balaban J connectivity index is 1.91. The van der Waals surface area contributed by atoms with E-state index in [2.05, 4.69) is 0 Å². The Hall–Kier alpha value is -4.20. The Bertz CT molecular complexity index is 1510. The lowest BCUT2D eigenvalue weighted by Crippen LogP contribution is -2.12. The van der Waals surface area contributed by atoms with E-state index in [1.54, 1.807) is 39.0 Å². The zero-order valence-corrected chi connectivity index (χ0v) is 23.2. The molecular weight excluding hydrogens is 546 g/mol. The molecule has 0 N–H and O–H groups in total. The first-order chi connectivity index (χ1) is 18.6. The number of nitriles is 1. The topological polar surface area (TPSA) is 133 Å². The van der Waals surface area contributed by atoms with Crippen molar-refractivity contribution in [2.45, 2.75) is 27.2 Å². The third-order valence-corrected chi connectivity index (χ3v) is 7.07. The van der Waals surface area contributed by atoms with Gasteiger partial charge in [0.2, 0.25) is 0 Å². The lowest BCUT2D eigenvalue weighted by atomic mass is 10.0. The number of hydrogen-bond acceptors (Lipinski definition) is 10. The second kappa shape index (κ2) is 13.0. The van der Waals surface area contributed by atoms with Gasteiger partial charge >= 0.3 is 17.9 Å². The number of carbonyl (C=O) groups is 4. The van der Waals surface area contributed by atoms with Crippen molar-refractivity contribution in [3.05, 3.63) is 73.1 Å². The van der Waals surface area contributed by atoms with Crippen LogP contribution in [0.4, 0.5) is 0 Å². The first-order valence-electron chi connectivity index (χ1n) is 11.7. The van der Waals surface area contributed by atoms with E-state index in [0.717, 1.165) is 11.3 Å². The molecule has 9 nitrogen and oxygen atoms in total. The van der Waals surface area contributed by atoms with Crippen molar-refractivity contribution in [2.24, 2.45) is 0 Å². The molecule has 11 heteroatoms. The fourth-order valence-electron chi connectivity index (χ4n) is 3.65. The van der Waals surface area contributed by atoms with E-state index < -0.39 is 23.7 Å². The molecule has 0 atom stereocenters. The molecule has 2 heterocycles. The Labute approximate surface area is 233 Å². The molecule has 2 aromatic heterocycles. The summed E-state index contributed by atoms with van der Waals surface area (Å²) >= 11 is 7.03. The van der Waals surface area contributed by atoms with Crippen molar-refractivity contribution in [3.63, 3.8) is 0 Å². The van der Waals surface area contributed by atoms with Gasteiger partial charge in [-0.05, 0) is 56.7 Å². The molecule has 3 aromatic rings. The minimum Gasteiger partial charge on any atom is -0.465 e. The number of nitrogens with zero attached hydrogens (tertiary/aromatic N) is 1. The number of rotatable bonds is 10. The predicted molar refractivity (Wildman–Crippen MR) is 144 cm³/mol. The highest BCUT2D eigenvalue weighted by molar-refractivity contribution is 7.14. The molecule has 0 saturated carbocycles. The quantitative estimate of drug-likeness (QED) is 0.128. The number of methoxy groups -OCH3 is 1. The number of esters is 3. The Morgan fingerprint density at radius 2 is 1.74 bits per heavy atom. The van der Waals surface area contributed by atoms with Crippen molar-refractivity contribution in [1.82, 2.24) is 0 Å². The summed E-state index contributed by atoms with van der Waals surface area (Å²) in [4.78, 5) is 50.5. The van der Waals surface area contributed by atoms with Gasteiger partial charge in [-0.2, -0.15) is 5.26 Å². The zero-order valence-electron chi connectivity index (χ0n) is 21.6. The minimum atomic E-state index is -0.669. The molecule has 0 aliphatic carbocycles. The van der Waals surface area contributed by atoms with E-state index in [4.69, 9.17) is 30.2 Å². The van der Waals surface area contributed by atoms with Gasteiger partial charge in [-0.25, -0.2) is 14.4 Å². The molecule has 0 radical (unpaired) electrons. The van der Waals surface area contributed by atoms with Crippen LogP contribution in [-0.2, 0) is 25.4 Å². The van der Waals surface area contributed by atoms with Crippen LogP contribution in [0.1, 0.15) is 60.4 Å². The summed E-state index contributed by atoms with van der Waals surface area (Å²) in [5.41, 5.74) is 0.931. The smallest absolute Gasteiger partial charge is 0.348 e. The van der Waals surface area contributed by atoms with Crippen molar-refractivity contribution in [3.8, 4) is 17.4 Å². The maximum atomic E-state index is 13.1. The predicted octanol–water partition coefficient (Wildman–Crippen LogP) is 5.83. The lowest BCUT2D eigenvalue weighted by molar-refractivity contribution is -0.114. The van der Waals surface area contributed by atoms with Crippen LogP contribution in [0.3, 0.4) is 0 Å². The van der Waals surface area contributed by atoms with Crippen molar-refractivity contribution < 1.29 is 37.8 Å². The van der Waals surface area contributed by atoms with E-state index in [0.29, 0.717) is 16.9 Å². The highest BCUT2D eigenvalue weighted by Gasteiger charge is 2.28. The van der Waals surface area contributed by atoms with Crippen molar-refractivity contribution in [2.75, 3.05) is 20.3 Å². The van der Waals surface area contributed by atoms with Gasteiger partial charge in [0.25, 0.3) is 0 Å². The van der Waals surface area contributed by atoms with Crippen LogP contribution in [0.5, 0.6) is 0 Å². The van der Waals surface area contributed by atoms with Crippen LogP contribution in [-0.4, -0.2) is 44.0 Å². The van der Waals surface area contributed by atoms with Crippen LogP contribution < -0.4 is 0 Å². The number of carbonyl (C=O) groups excluding carboxylic acids is 4. The first-order valence-corrected chi connectivity index (χ1v) is 12.9. The van der Waals surface area contributed by atoms with Gasteiger partial charge in [0.05, 0.1) is 42.0 Å². The molecule has 0 unspecified atom stereocenters. The van der Waals surface area contributed by atoms with Gasteiger partial charge in [0.1, 0.15) is 22.5 Å². The van der Waals surface area contributed by atoms with Crippen LogP contribution in [0, 0.1) is 18.3 Å². The summed E-state index contributed by atoms with van der Waals surface area (Å²) in [6, 6.07) is 9.72. The number of ether oxygens (including phenoxy) is 3. The summed E-state index contributed by atoms with van der Waals surface area (Å²) < 4.78 is 20.7. The average molecular weight is 570 g/mol. The van der Waals surface area contributed by atoms with E-state index in [-0.39, 0.29) is 56.9 Å². The maximum Gasteiger partial charge on any atom is 0.348 e. The molecule has 39 heavy (non-hydrogen) atoms. The van der Waals surface area contributed by atoms with Crippen LogP contribution in [0.15, 0.2) is 40.3 Å². The Morgan fingerprint density at radius 1 is 1.05 bits per heavy atom. The van der Waals surface area contributed by atoms with E-state index in [1.807, 2.05) is 6.07 Å². The molecule has 0 aliphatic rings. The number of benzene rings is 1. The zero-order chi connectivity index (χ0) is 28.7. The Kier molecular flexibility index (Phi) is 9.82. The van der Waals surface area contributed by atoms with Crippen molar-refractivity contribution >= 4 is 52.7 Å². The molecule has 3 rings (SSSR count). The molecule has 202 valence electrons. The molecular formula is C28H24ClNO8S. The number of Topliss-reactive ketones (excluding diaryl/α,β-unsaturated/α-hetero) is 1. The fourth-order valence-corrected chi connectivity index (χ4v) is 5.03. The largest absolute Gasteiger partial charge is 0.465 e. The molecule has 0 fully saturated rings. The van der Waals surface area contributed by atoms with Crippen LogP contribution in [0.2, 0.25) is 5.02 Å². The lowest BCUT2D eigenvalue weighted by Gasteiger charge is -2.05. The summed E-state index contributed by atoms with van der Waals surface area (Å²) in [7, 11) is 1.24. The number of furan rings is 1. The Morgan fingerprint density at radius 3 is 2.38 bits per heavy atom. The molecule has 1 aromatic carbocycles. The number of thiophene rings is 1. The molecule has 0 aliphatic heterocycles. The molecule has 0 amide bonds. The third-order valence-electron chi connectivity index (χ3n) is 5.47. The van der Waals surface area contributed by atoms with Gasteiger partial charge in [0.15, 0.2) is 5.78 Å². The molecule has 0 bridgehead atoms. The minimum absolute atomic E-state index is 0.106. The van der Waals surface area contributed by atoms with Gasteiger partial charge in [-0.15, -0.1) is 11.3 Å². The highest BCUT2D eigenvalue weighted by atomic mass is 35.5. The summed E-state index contributed by atoms with van der Waals surface area (Å²) in [5, 5.41) is 9.90. The van der Waals surface area contributed by atoms with E-state index in [1.165, 1.54) is 25.3 Å². The number of allylic oxidation sites excluding steroid dienone is 1. The van der Waals surface area contributed by atoms with Crippen LogP contribution in [0.25, 0.3) is 17.4 Å². The van der Waals surface area contributed by atoms with Crippen molar-refractivity contribution in [1.29, 1.82) is 5.26 Å². The van der Waals surface area contributed by atoms with E-state index >= 15 is 0 Å². The molecule has 0 spiro atoms. The number of halogens is 1. The summed E-state index contributed by atoms with van der Waals surface area (Å²) in [5.74, 6) is -1.90. The van der Waals surface area contributed by atoms with Gasteiger partial charge in [0, 0.05) is 22.9 Å². The van der Waals surface area contributed by atoms with Crippen LogP contribution >= 0.6 is 22.9 Å². The molecule has 0 saturated heterocycles. The maximum absolute atomic E-state index is 13.1. The summed E-state index contributed by atoms with van der Waals surface area (Å²) in [6.07, 6.45) is 0.964. The normalized spacial score (nSPS) is 11.0. The fraction of sp³-hybridized carbons (Fsp3) is 0.250. The highest BCUT2D eigenvalue weighted by Crippen LogP contribution is 2.32. The van der Waals surface area contributed by atoms with Gasteiger partial charge < -0.3 is 18.6 Å². The van der Waals surface area contributed by atoms with Gasteiger partial charge in [-0.1, -0.05) is 11.6 Å². The standard InChI is InChI=1S/C28H24ClNO8S/c1-5-36-27(33)24-15(3)25(28(34)37-6-2)39-23(24)13-21(31)17(14-30)11-18-8-10-22(38-18)16-7-9-20(29)19(12-16)26(32)35-4/h7-12H,5-6,13H2,1-4H3/b17-11+. The first kappa shape index (κ1) is 29.4. The average Bonchev–Trinajstić information content (AvgIpc) is 3.51. The number of hydrogen-bond donors (Lipinski definition) is 0. The van der Waals surface area contributed by atoms with E-state index in [9.17, 15) is 24.4 Å². The monoisotopic (exact) mass is 569 g/mol. The second-order valence-corrected chi connectivity index (χ2v) is 9.47. The van der Waals surface area contributed by atoms with Gasteiger partial charge in [-0.3, -0.25) is 4.79 Å². The second-order valence-electron chi connectivity index (χ2n) is 7.95. The SMILES string of the molecule is CCOC(=O)c1sc(CC(=O)/C(C#N)=C/c2ccc(-c3ccc(Cl)c(C(=O)OC)c3)o2)c(C(=O)OCC)c1C. The summed E-state index contributed by atoms with van der Waals surface area (Å²) in [6.45, 7) is 5.13. The third kappa shape index (κ3) is 6.63. The number of ketones is 1.